The van der Waals surface area contributed by atoms with Crippen molar-refractivity contribution in [1.29, 1.82) is 0 Å². The normalized spacial score (nSPS) is 13.4. The number of sulfonamides is 1. The SMILES string of the molecule is COc1c(NC(=O)c2cc3cccc(NC(=O)c4ccc(NCC5CC5)nc4)c3s2)cc(C(C)(C)C)cc1NS(C)(=O)=O. The molecule has 2 heterocycles. The molecular formula is C31H35N5O5S2. The van der Waals surface area contributed by atoms with E-state index >= 15 is 0 Å². The van der Waals surface area contributed by atoms with Gasteiger partial charge in [0.1, 0.15) is 5.82 Å². The van der Waals surface area contributed by atoms with Gasteiger partial charge in [0.15, 0.2) is 5.75 Å². The number of aromatic nitrogens is 1. The number of pyridine rings is 1. The number of anilines is 4. The molecule has 0 bridgehead atoms. The van der Waals surface area contributed by atoms with E-state index in [1.807, 2.05) is 32.9 Å². The van der Waals surface area contributed by atoms with Crippen LogP contribution in [0.2, 0.25) is 0 Å². The van der Waals surface area contributed by atoms with Crippen LogP contribution in [-0.4, -0.2) is 45.1 Å². The number of methoxy groups -OCH3 is 1. The minimum Gasteiger partial charge on any atom is -0.492 e. The Labute approximate surface area is 255 Å². The largest absolute Gasteiger partial charge is 0.492 e. The van der Waals surface area contributed by atoms with Crippen LogP contribution in [0.3, 0.4) is 0 Å². The van der Waals surface area contributed by atoms with Crippen molar-refractivity contribution in [2.45, 2.75) is 39.0 Å². The van der Waals surface area contributed by atoms with Gasteiger partial charge in [-0.1, -0.05) is 32.9 Å². The third-order valence-corrected chi connectivity index (χ3v) is 8.79. The van der Waals surface area contributed by atoms with Gasteiger partial charge < -0.3 is 20.7 Å². The highest BCUT2D eigenvalue weighted by Gasteiger charge is 2.24. The number of ether oxygens (including phenoxy) is 1. The summed E-state index contributed by atoms with van der Waals surface area (Å²) in [4.78, 5) is 31.3. The van der Waals surface area contributed by atoms with Crippen molar-refractivity contribution >= 4 is 66.1 Å². The average molecular weight is 622 g/mol. The maximum atomic E-state index is 13.5. The molecule has 43 heavy (non-hydrogen) atoms. The minimum absolute atomic E-state index is 0.197. The van der Waals surface area contributed by atoms with Gasteiger partial charge in [-0.15, -0.1) is 11.3 Å². The first-order valence-corrected chi connectivity index (χ1v) is 16.6. The molecule has 1 aliphatic rings. The predicted octanol–water partition coefficient (Wildman–Crippen LogP) is 6.30. The Hall–Kier alpha value is -4.16. The monoisotopic (exact) mass is 621 g/mol. The molecule has 1 saturated carbocycles. The molecule has 5 rings (SSSR count). The fraction of sp³-hybridized carbons (Fsp3) is 0.323. The molecule has 4 aromatic rings. The summed E-state index contributed by atoms with van der Waals surface area (Å²) in [6.07, 6.45) is 5.09. The summed E-state index contributed by atoms with van der Waals surface area (Å²) in [6, 6.07) is 14.2. The summed E-state index contributed by atoms with van der Waals surface area (Å²) >= 11 is 1.24. The lowest BCUT2D eigenvalue weighted by atomic mass is 9.86. The Bertz CT molecular complexity index is 1790. The fourth-order valence-electron chi connectivity index (χ4n) is 4.51. The van der Waals surface area contributed by atoms with Gasteiger partial charge >= 0.3 is 0 Å². The Balaban J connectivity index is 1.38. The molecule has 0 atom stereocenters. The molecular weight excluding hydrogens is 587 g/mol. The van der Waals surface area contributed by atoms with Gasteiger partial charge in [0.2, 0.25) is 10.0 Å². The second-order valence-corrected chi connectivity index (χ2v) is 14.5. The summed E-state index contributed by atoms with van der Waals surface area (Å²) in [5, 5.41) is 9.93. The molecule has 0 spiro atoms. The Morgan fingerprint density at radius 2 is 1.72 bits per heavy atom. The van der Waals surface area contributed by atoms with Crippen LogP contribution in [0.15, 0.2) is 54.7 Å². The van der Waals surface area contributed by atoms with Crippen LogP contribution in [-0.2, 0) is 15.4 Å². The van der Waals surface area contributed by atoms with E-state index in [0.29, 0.717) is 27.7 Å². The quantitative estimate of drug-likeness (QED) is 0.163. The van der Waals surface area contributed by atoms with Crippen LogP contribution in [0.25, 0.3) is 10.1 Å². The second-order valence-electron chi connectivity index (χ2n) is 11.7. The number of benzene rings is 2. The minimum atomic E-state index is -3.61. The zero-order valence-electron chi connectivity index (χ0n) is 24.7. The maximum absolute atomic E-state index is 13.5. The van der Waals surface area contributed by atoms with Crippen molar-refractivity contribution in [2.24, 2.45) is 5.92 Å². The zero-order chi connectivity index (χ0) is 30.9. The Morgan fingerprint density at radius 3 is 2.35 bits per heavy atom. The van der Waals surface area contributed by atoms with Gasteiger partial charge in [-0.25, -0.2) is 13.4 Å². The maximum Gasteiger partial charge on any atom is 0.265 e. The van der Waals surface area contributed by atoms with Crippen molar-refractivity contribution in [3.8, 4) is 5.75 Å². The van der Waals surface area contributed by atoms with Crippen LogP contribution in [0, 0.1) is 5.92 Å². The molecule has 1 fully saturated rings. The van der Waals surface area contributed by atoms with E-state index in [-0.39, 0.29) is 22.8 Å². The van der Waals surface area contributed by atoms with Crippen LogP contribution >= 0.6 is 11.3 Å². The number of carbonyl (C=O) groups is 2. The summed E-state index contributed by atoms with van der Waals surface area (Å²) in [5.74, 6) is 0.953. The van der Waals surface area contributed by atoms with E-state index in [2.05, 4.69) is 25.7 Å². The van der Waals surface area contributed by atoms with Gasteiger partial charge in [-0.05, 0) is 71.5 Å². The van der Waals surface area contributed by atoms with E-state index in [1.54, 1.807) is 42.6 Å². The second kappa shape index (κ2) is 11.8. The third kappa shape index (κ3) is 7.44. The van der Waals surface area contributed by atoms with Gasteiger partial charge in [0, 0.05) is 12.7 Å². The van der Waals surface area contributed by atoms with Gasteiger partial charge in [0.25, 0.3) is 11.8 Å². The number of thiophene rings is 1. The molecule has 2 aromatic heterocycles. The molecule has 0 unspecified atom stereocenters. The Kier molecular flexibility index (Phi) is 8.35. The highest BCUT2D eigenvalue weighted by molar-refractivity contribution is 7.92. The number of hydrogen-bond acceptors (Lipinski definition) is 8. The molecule has 1 aliphatic carbocycles. The van der Waals surface area contributed by atoms with E-state index in [4.69, 9.17) is 4.74 Å². The van der Waals surface area contributed by atoms with E-state index in [1.165, 1.54) is 31.3 Å². The van der Waals surface area contributed by atoms with Crippen molar-refractivity contribution in [1.82, 2.24) is 4.98 Å². The smallest absolute Gasteiger partial charge is 0.265 e. The summed E-state index contributed by atoms with van der Waals surface area (Å²) < 4.78 is 32.9. The first kappa shape index (κ1) is 30.3. The summed E-state index contributed by atoms with van der Waals surface area (Å²) in [7, 11) is -2.20. The molecule has 2 amide bonds. The van der Waals surface area contributed by atoms with Crippen LogP contribution < -0.4 is 25.4 Å². The lowest BCUT2D eigenvalue weighted by Gasteiger charge is -2.23. The zero-order valence-corrected chi connectivity index (χ0v) is 26.3. The standard InChI is InChI=1S/C31H35N5O5S2/c1-31(2,3)21-14-23(27(41-4)24(15-21)36-43(5,39)40)35-30(38)25-13-19-7-6-8-22(28(19)42-25)34-29(37)20-11-12-26(33-17-20)32-16-18-9-10-18/h6-8,11-15,17-18,36H,9-10,16H2,1-5H3,(H,32,33)(H,34,37)(H,35,38). The molecule has 0 radical (unpaired) electrons. The summed E-state index contributed by atoms with van der Waals surface area (Å²) in [5.41, 5.74) is 2.03. The van der Waals surface area contributed by atoms with E-state index < -0.39 is 15.9 Å². The number of fused-ring (bicyclic) bond motifs is 1. The number of nitrogens with zero attached hydrogens (tertiary/aromatic N) is 1. The molecule has 4 N–H and O–H groups in total. The summed E-state index contributed by atoms with van der Waals surface area (Å²) in [6.45, 7) is 6.86. The van der Waals surface area contributed by atoms with E-state index in [0.717, 1.165) is 34.3 Å². The molecule has 226 valence electrons. The van der Waals surface area contributed by atoms with Crippen molar-refractivity contribution < 1.29 is 22.7 Å². The molecule has 12 heteroatoms. The first-order chi connectivity index (χ1) is 20.3. The van der Waals surface area contributed by atoms with E-state index in [9.17, 15) is 18.0 Å². The Morgan fingerprint density at radius 1 is 1.00 bits per heavy atom. The van der Waals surface area contributed by atoms with Gasteiger partial charge in [-0.2, -0.15) is 0 Å². The van der Waals surface area contributed by atoms with Gasteiger partial charge in [-0.3, -0.25) is 14.3 Å². The van der Waals surface area contributed by atoms with Gasteiger partial charge in [0.05, 0.1) is 45.6 Å². The molecule has 0 aliphatic heterocycles. The highest BCUT2D eigenvalue weighted by Crippen LogP contribution is 2.40. The number of amides is 2. The fourth-order valence-corrected chi connectivity index (χ4v) is 6.08. The topological polar surface area (TPSA) is 139 Å². The molecule has 10 nitrogen and oxygen atoms in total. The van der Waals surface area contributed by atoms with Crippen LogP contribution in [0.4, 0.5) is 22.9 Å². The number of hydrogen-bond donors (Lipinski definition) is 4. The first-order valence-electron chi connectivity index (χ1n) is 13.9. The highest BCUT2D eigenvalue weighted by atomic mass is 32.2. The van der Waals surface area contributed by atoms with Crippen LogP contribution in [0.1, 0.15) is 59.2 Å². The molecule has 0 saturated heterocycles. The predicted molar refractivity (Wildman–Crippen MR) is 173 cm³/mol. The average Bonchev–Trinajstić information content (AvgIpc) is 3.66. The number of rotatable bonds is 10. The van der Waals surface area contributed by atoms with Crippen molar-refractivity contribution in [3.05, 3.63) is 70.7 Å². The number of nitrogens with one attached hydrogen (secondary N) is 4. The van der Waals surface area contributed by atoms with Crippen molar-refractivity contribution in [3.63, 3.8) is 0 Å². The lowest BCUT2D eigenvalue weighted by molar-refractivity contribution is 0.102. The molecule has 2 aromatic carbocycles. The lowest BCUT2D eigenvalue weighted by Crippen LogP contribution is -2.18. The van der Waals surface area contributed by atoms with Crippen molar-refractivity contribution in [2.75, 3.05) is 40.6 Å². The van der Waals surface area contributed by atoms with Crippen LogP contribution in [0.5, 0.6) is 5.75 Å². The number of carbonyl (C=O) groups excluding carboxylic acids is 2. The third-order valence-electron chi connectivity index (χ3n) is 7.01.